The highest BCUT2D eigenvalue weighted by molar-refractivity contribution is 7.80. The molecule has 0 saturated carbocycles. The molecular weight excluding hydrogens is 280 g/mol. The van der Waals surface area contributed by atoms with Gasteiger partial charge in [-0.1, -0.05) is 19.8 Å². The lowest BCUT2D eigenvalue weighted by Crippen LogP contribution is -2.49. The first kappa shape index (κ1) is 19.4. The molecule has 0 aromatic rings. The number of thiol groups is 1. The number of hydrogen-bond acceptors (Lipinski definition) is 5. The lowest BCUT2D eigenvalue weighted by atomic mass is 10.2. The molecule has 6 heteroatoms. The molecule has 0 saturated heterocycles. The first-order valence-electron chi connectivity index (χ1n) is 7.41. The van der Waals surface area contributed by atoms with Gasteiger partial charge in [0.1, 0.15) is 0 Å². The third kappa shape index (κ3) is 9.87. The third-order valence-electron chi connectivity index (χ3n) is 2.46. The molecular formula is C13H30O4SSi. The van der Waals surface area contributed by atoms with Crippen molar-refractivity contribution in [2.75, 3.05) is 32.2 Å². The first-order chi connectivity index (χ1) is 9.24. The van der Waals surface area contributed by atoms with Gasteiger partial charge in [0.2, 0.25) is 0 Å². The highest BCUT2D eigenvalue weighted by atomic mass is 32.1. The van der Waals surface area contributed by atoms with Gasteiger partial charge in [-0.05, 0) is 38.9 Å². The van der Waals surface area contributed by atoms with Crippen molar-refractivity contribution in [3.05, 3.63) is 0 Å². The van der Waals surface area contributed by atoms with Gasteiger partial charge < -0.3 is 17.7 Å². The fraction of sp³-hybridized carbons (Fsp3) is 1.00. The largest absolute Gasteiger partial charge is 0.679 e. The molecule has 0 unspecified atom stereocenters. The SMILES string of the molecule is CCCO[Si](OCC)(OCC)OCCCCCCS. The molecule has 0 aliphatic rings. The molecule has 19 heavy (non-hydrogen) atoms. The lowest BCUT2D eigenvalue weighted by molar-refractivity contribution is -0.0305. The Balaban J connectivity index is 4.06. The zero-order valence-electron chi connectivity index (χ0n) is 12.7. The predicted molar refractivity (Wildman–Crippen MR) is 83.5 cm³/mol. The van der Waals surface area contributed by atoms with E-state index in [0.717, 1.165) is 31.4 Å². The van der Waals surface area contributed by atoms with E-state index in [1.54, 1.807) is 0 Å². The van der Waals surface area contributed by atoms with Crippen LogP contribution in [0.3, 0.4) is 0 Å². The lowest BCUT2D eigenvalue weighted by Gasteiger charge is -2.27. The molecule has 0 aliphatic heterocycles. The molecule has 0 atom stereocenters. The summed E-state index contributed by atoms with van der Waals surface area (Å²) in [5.74, 6) is 0.955. The van der Waals surface area contributed by atoms with Crippen LogP contribution in [0.4, 0.5) is 0 Å². The minimum Gasteiger partial charge on any atom is -0.351 e. The first-order valence-corrected chi connectivity index (χ1v) is 9.67. The van der Waals surface area contributed by atoms with E-state index in [4.69, 9.17) is 17.7 Å². The highest BCUT2D eigenvalue weighted by Crippen LogP contribution is 2.14. The van der Waals surface area contributed by atoms with E-state index in [2.05, 4.69) is 19.6 Å². The average Bonchev–Trinajstić information content (AvgIpc) is 2.41. The Hall–Kier alpha value is 0.407. The van der Waals surface area contributed by atoms with Crippen LogP contribution in [0, 0.1) is 0 Å². The second kappa shape index (κ2) is 13.4. The Morgan fingerprint density at radius 2 is 1.32 bits per heavy atom. The monoisotopic (exact) mass is 310 g/mol. The smallest absolute Gasteiger partial charge is 0.351 e. The molecule has 0 heterocycles. The fourth-order valence-corrected chi connectivity index (χ4v) is 3.87. The van der Waals surface area contributed by atoms with Crippen molar-refractivity contribution < 1.29 is 17.7 Å². The Labute approximate surface area is 125 Å². The zero-order chi connectivity index (χ0) is 14.4. The molecule has 0 bridgehead atoms. The molecule has 0 aliphatic carbocycles. The maximum absolute atomic E-state index is 5.85. The fourth-order valence-electron chi connectivity index (χ4n) is 1.60. The molecule has 0 aromatic heterocycles. The van der Waals surface area contributed by atoms with E-state index < -0.39 is 9.05 Å². The van der Waals surface area contributed by atoms with Gasteiger partial charge in [-0.25, -0.2) is 0 Å². The van der Waals surface area contributed by atoms with E-state index in [-0.39, 0.29) is 0 Å². The van der Waals surface area contributed by atoms with Crippen molar-refractivity contribution in [3.8, 4) is 0 Å². The molecule has 0 N–H and O–H groups in total. The van der Waals surface area contributed by atoms with Gasteiger partial charge in [0, 0.05) is 26.4 Å². The molecule has 0 amide bonds. The van der Waals surface area contributed by atoms with Crippen LogP contribution in [0.15, 0.2) is 0 Å². The van der Waals surface area contributed by atoms with Gasteiger partial charge in [-0.3, -0.25) is 0 Å². The van der Waals surface area contributed by atoms with Crippen LogP contribution in [-0.2, 0) is 17.7 Å². The Bertz CT molecular complexity index is 189. The summed E-state index contributed by atoms with van der Waals surface area (Å²) in [6.07, 6.45) is 5.45. The van der Waals surface area contributed by atoms with Crippen molar-refractivity contribution in [1.29, 1.82) is 0 Å². The molecule has 0 radical (unpaired) electrons. The summed E-state index contributed by atoms with van der Waals surface area (Å²) < 4.78 is 22.9. The molecule has 0 aromatic carbocycles. The topological polar surface area (TPSA) is 36.9 Å². The summed E-state index contributed by atoms with van der Waals surface area (Å²) in [6, 6.07) is 0. The Morgan fingerprint density at radius 3 is 1.84 bits per heavy atom. The molecule has 0 fully saturated rings. The second-order valence-electron chi connectivity index (χ2n) is 4.20. The molecule has 116 valence electrons. The van der Waals surface area contributed by atoms with Crippen LogP contribution in [-0.4, -0.2) is 41.2 Å². The molecule has 0 spiro atoms. The minimum absolute atomic E-state index is 0.551. The van der Waals surface area contributed by atoms with Gasteiger partial charge in [-0.2, -0.15) is 12.6 Å². The predicted octanol–water partition coefficient (Wildman–Crippen LogP) is 3.43. The van der Waals surface area contributed by atoms with E-state index in [1.165, 1.54) is 6.42 Å². The van der Waals surface area contributed by atoms with Crippen molar-refractivity contribution in [3.63, 3.8) is 0 Å². The van der Waals surface area contributed by atoms with Crippen molar-refractivity contribution in [1.82, 2.24) is 0 Å². The minimum atomic E-state index is -2.90. The van der Waals surface area contributed by atoms with Crippen LogP contribution in [0.25, 0.3) is 0 Å². The quantitative estimate of drug-likeness (QED) is 0.303. The Kier molecular flexibility index (Phi) is 13.7. The van der Waals surface area contributed by atoms with E-state index >= 15 is 0 Å². The highest BCUT2D eigenvalue weighted by Gasteiger charge is 2.44. The number of unbranched alkanes of at least 4 members (excludes halogenated alkanes) is 3. The molecule has 0 rings (SSSR count). The van der Waals surface area contributed by atoms with Gasteiger partial charge in [0.15, 0.2) is 0 Å². The van der Waals surface area contributed by atoms with Crippen molar-refractivity contribution >= 4 is 21.7 Å². The van der Waals surface area contributed by atoms with E-state index in [1.807, 2.05) is 13.8 Å². The van der Waals surface area contributed by atoms with Gasteiger partial charge in [0.05, 0.1) is 0 Å². The summed E-state index contributed by atoms with van der Waals surface area (Å²) in [4.78, 5) is 0. The summed E-state index contributed by atoms with van der Waals surface area (Å²) in [5.41, 5.74) is 0. The second-order valence-corrected chi connectivity index (χ2v) is 6.80. The normalized spacial score (nSPS) is 12.0. The maximum Gasteiger partial charge on any atom is 0.679 e. The molecule has 4 nitrogen and oxygen atoms in total. The maximum atomic E-state index is 5.85. The number of hydrogen-bond donors (Lipinski definition) is 1. The van der Waals surface area contributed by atoms with Crippen LogP contribution in [0.1, 0.15) is 52.9 Å². The van der Waals surface area contributed by atoms with Gasteiger partial charge >= 0.3 is 9.05 Å². The zero-order valence-corrected chi connectivity index (χ0v) is 14.5. The summed E-state index contributed by atoms with van der Waals surface area (Å²) in [5, 5.41) is 0. The summed E-state index contributed by atoms with van der Waals surface area (Å²) in [7, 11) is -2.90. The van der Waals surface area contributed by atoms with Crippen molar-refractivity contribution in [2.24, 2.45) is 0 Å². The number of rotatable bonds is 14. The summed E-state index contributed by atoms with van der Waals surface area (Å²) >= 11 is 4.20. The van der Waals surface area contributed by atoms with E-state index in [9.17, 15) is 0 Å². The average molecular weight is 311 g/mol. The van der Waals surface area contributed by atoms with Crippen molar-refractivity contribution in [2.45, 2.75) is 52.9 Å². The standard InChI is InChI=1S/C13H30O4SSi/c1-4-11-16-19(14-5-2,15-6-3)17-12-9-7-8-10-13-18/h18H,4-13H2,1-3H3. The third-order valence-corrected chi connectivity index (χ3v) is 5.17. The van der Waals surface area contributed by atoms with Gasteiger partial charge in [0.25, 0.3) is 0 Å². The van der Waals surface area contributed by atoms with Crippen LogP contribution >= 0.6 is 12.6 Å². The van der Waals surface area contributed by atoms with Crippen LogP contribution < -0.4 is 0 Å². The summed E-state index contributed by atoms with van der Waals surface area (Å²) in [6.45, 7) is 8.30. The van der Waals surface area contributed by atoms with Crippen LogP contribution in [0.5, 0.6) is 0 Å². The van der Waals surface area contributed by atoms with E-state index in [0.29, 0.717) is 26.4 Å². The van der Waals surface area contributed by atoms with Gasteiger partial charge in [-0.15, -0.1) is 0 Å². The van der Waals surface area contributed by atoms with Crippen LogP contribution in [0.2, 0.25) is 0 Å². The Morgan fingerprint density at radius 1 is 0.737 bits per heavy atom.